The average Bonchev–Trinajstić information content (AvgIpc) is 2.82. The molecule has 0 radical (unpaired) electrons. The highest BCUT2D eigenvalue weighted by molar-refractivity contribution is 9.10. The number of carbonyl (C=O) groups is 1. The summed E-state index contributed by atoms with van der Waals surface area (Å²) in [6.07, 6.45) is 3.68. The van der Waals surface area contributed by atoms with E-state index in [1.807, 2.05) is 30.3 Å². The predicted octanol–water partition coefficient (Wildman–Crippen LogP) is 4.60. The molecule has 1 aromatic heterocycles. The molecule has 3 nitrogen and oxygen atoms in total. The van der Waals surface area contributed by atoms with Gasteiger partial charge >= 0.3 is 0 Å². The molecule has 0 saturated carbocycles. The second-order valence-electron chi connectivity index (χ2n) is 4.49. The number of nitrogens with zero attached hydrogens (tertiary/aromatic N) is 1. The van der Waals surface area contributed by atoms with Crippen LogP contribution in [-0.4, -0.2) is 15.8 Å². The Bertz CT molecular complexity index is 549. The molecule has 0 amide bonds. The van der Waals surface area contributed by atoms with E-state index in [0.29, 0.717) is 16.7 Å². The number of benzene rings is 1. The number of unbranched alkanes of at least 4 members (excludes halogenated alkanes) is 2. The highest BCUT2D eigenvalue weighted by Crippen LogP contribution is 2.23. The Morgan fingerprint density at radius 1 is 1.26 bits per heavy atom. The van der Waals surface area contributed by atoms with E-state index in [0.717, 1.165) is 30.7 Å². The monoisotopic (exact) mass is 320 g/mol. The van der Waals surface area contributed by atoms with E-state index in [-0.39, 0.29) is 5.78 Å². The summed E-state index contributed by atoms with van der Waals surface area (Å²) in [6, 6.07) is 9.80. The van der Waals surface area contributed by atoms with Gasteiger partial charge in [-0.25, -0.2) is 4.98 Å². The minimum Gasteiger partial charge on any atom is -0.332 e. The van der Waals surface area contributed by atoms with Crippen molar-refractivity contribution in [1.82, 2.24) is 9.97 Å². The van der Waals surface area contributed by atoms with Gasteiger partial charge in [-0.15, -0.1) is 0 Å². The van der Waals surface area contributed by atoms with Crippen molar-refractivity contribution in [3.63, 3.8) is 0 Å². The zero-order valence-corrected chi connectivity index (χ0v) is 12.5. The summed E-state index contributed by atoms with van der Waals surface area (Å²) in [5.41, 5.74) is 1.49. The Kier molecular flexibility index (Phi) is 4.91. The number of halogens is 1. The number of aromatic amines is 1. The van der Waals surface area contributed by atoms with Crippen LogP contribution in [0.5, 0.6) is 0 Å². The predicted molar refractivity (Wildman–Crippen MR) is 80.2 cm³/mol. The lowest BCUT2D eigenvalue weighted by molar-refractivity contribution is 0.0974. The molecule has 4 heteroatoms. The molecule has 0 fully saturated rings. The third-order valence-electron chi connectivity index (χ3n) is 2.98. The number of imidazole rings is 1. The van der Waals surface area contributed by atoms with Crippen molar-refractivity contribution in [3.8, 4) is 11.4 Å². The molecule has 1 heterocycles. The summed E-state index contributed by atoms with van der Waals surface area (Å²) in [5, 5.41) is 0. The lowest BCUT2D eigenvalue weighted by atomic mass is 10.1. The van der Waals surface area contributed by atoms with Gasteiger partial charge in [0.05, 0.1) is 0 Å². The molecular weight excluding hydrogens is 304 g/mol. The second kappa shape index (κ2) is 6.66. The van der Waals surface area contributed by atoms with Gasteiger partial charge in [-0.1, -0.05) is 50.1 Å². The zero-order chi connectivity index (χ0) is 13.7. The van der Waals surface area contributed by atoms with E-state index >= 15 is 0 Å². The molecule has 19 heavy (non-hydrogen) atoms. The average molecular weight is 321 g/mol. The van der Waals surface area contributed by atoms with Crippen molar-refractivity contribution in [3.05, 3.63) is 40.6 Å². The topological polar surface area (TPSA) is 45.8 Å². The van der Waals surface area contributed by atoms with Crippen LogP contribution in [0.4, 0.5) is 0 Å². The normalized spacial score (nSPS) is 10.6. The molecule has 1 N–H and O–H groups in total. The fraction of sp³-hybridized carbons (Fsp3) is 0.333. The Labute approximate surface area is 121 Å². The van der Waals surface area contributed by atoms with Crippen molar-refractivity contribution in [2.75, 3.05) is 0 Å². The molecule has 0 aliphatic rings. The molecule has 0 aliphatic heterocycles. The standard InChI is InChI=1S/C15H17BrN2O/c1-2-3-5-10-12(19)13-14(16)18-15(17-13)11-8-6-4-7-9-11/h4,6-9H,2-3,5,10H2,1H3,(H,17,18). The largest absolute Gasteiger partial charge is 0.332 e. The first kappa shape index (κ1) is 14.0. The molecule has 0 bridgehead atoms. The van der Waals surface area contributed by atoms with Crippen molar-refractivity contribution in [2.24, 2.45) is 0 Å². The van der Waals surface area contributed by atoms with E-state index in [1.54, 1.807) is 0 Å². The molecule has 0 spiro atoms. The zero-order valence-electron chi connectivity index (χ0n) is 10.9. The first-order valence-corrected chi connectivity index (χ1v) is 7.35. The van der Waals surface area contributed by atoms with Crippen LogP contribution < -0.4 is 0 Å². The van der Waals surface area contributed by atoms with Gasteiger partial charge in [-0.3, -0.25) is 4.79 Å². The molecule has 2 aromatic rings. The molecule has 0 unspecified atom stereocenters. The molecule has 1 aromatic carbocycles. The number of rotatable bonds is 6. The van der Waals surface area contributed by atoms with Crippen molar-refractivity contribution < 1.29 is 4.79 Å². The van der Waals surface area contributed by atoms with Crippen LogP contribution in [0.15, 0.2) is 34.9 Å². The van der Waals surface area contributed by atoms with E-state index in [9.17, 15) is 4.79 Å². The minimum atomic E-state index is 0.0961. The van der Waals surface area contributed by atoms with Crippen molar-refractivity contribution in [1.29, 1.82) is 0 Å². The number of H-pyrrole nitrogens is 1. The van der Waals surface area contributed by atoms with Gasteiger partial charge < -0.3 is 4.98 Å². The molecule has 0 aliphatic carbocycles. The fourth-order valence-electron chi connectivity index (χ4n) is 1.92. The first-order valence-electron chi connectivity index (χ1n) is 6.56. The van der Waals surface area contributed by atoms with Crippen LogP contribution in [0.25, 0.3) is 11.4 Å². The number of hydrogen-bond donors (Lipinski definition) is 1. The number of Topliss-reactive ketones (excluding diaryl/α,β-unsaturated/α-hetero) is 1. The summed E-state index contributed by atoms with van der Waals surface area (Å²) < 4.78 is 0.674. The lowest BCUT2D eigenvalue weighted by Crippen LogP contribution is -2.00. The lowest BCUT2D eigenvalue weighted by Gasteiger charge is -1.97. The molecule has 0 atom stereocenters. The summed E-state index contributed by atoms with van der Waals surface area (Å²) in [4.78, 5) is 19.6. The van der Waals surface area contributed by atoms with Gasteiger partial charge in [0.15, 0.2) is 5.78 Å². The van der Waals surface area contributed by atoms with E-state index in [4.69, 9.17) is 0 Å². The third kappa shape index (κ3) is 3.53. The Morgan fingerprint density at radius 2 is 2.00 bits per heavy atom. The van der Waals surface area contributed by atoms with E-state index in [2.05, 4.69) is 32.8 Å². The summed E-state index contributed by atoms with van der Waals surface area (Å²) in [7, 11) is 0. The first-order chi connectivity index (χ1) is 9.22. The number of nitrogens with one attached hydrogen (secondary N) is 1. The smallest absolute Gasteiger partial charge is 0.183 e. The van der Waals surface area contributed by atoms with Gasteiger partial charge in [-0.05, 0) is 22.4 Å². The Hall–Kier alpha value is -1.42. The van der Waals surface area contributed by atoms with Crippen LogP contribution >= 0.6 is 15.9 Å². The number of aromatic nitrogens is 2. The maximum Gasteiger partial charge on any atom is 0.183 e. The third-order valence-corrected chi connectivity index (χ3v) is 3.55. The van der Waals surface area contributed by atoms with Crippen LogP contribution in [-0.2, 0) is 0 Å². The van der Waals surface area contributed by atoms with Crippen LogP contribution in [0.1, 0.15) is 43.1 Å². The van der Waals surface area contributed by atoms with Crippen LogP contribution in [0.2, 0.25) is 0 Å². The van der Waals surface area contributed by atoms with Crippen LogP contribution in [0, 0.1) is 0 Å². The summed E-state index contributed by atoms with van der Waals surface area (Å²) in [5.74, 6) is 0.824. The molecule has 2 rings (SSSR count). The number of hydrogen-bond acceptors (Lipinski definition) is 2. The second-order valence-corrected chi connectivity index (χ2v) is 5.29. The van der Waals surface area contributed by atoms with Crippen molar-refractivity contribution in [2.45, 2.75) is 32.6 Å². The highest BCUT2D eigenvalue weighted by atomic mass is 79.9. The Morgan fingerprint density at radius 3 is 2.68 bits per heavy atom. The maximum atomic E-state index is 12.1. The van der Waals surface area contributed by atoms with Crippen LogP contribution in [0.3, 0.4) is 0 Å². The van der Waals surface area contributed by atoms with Crippen molar-refractivity contribution >= 4 is 21.7 Å². The van der Waals surface area contributed by atoms with Gasteiger partial charge in [0.25, 0.3) is 0 Å². The van der Waals surface area contributed by atoms with Gasteiger partial charge in [0.2, 0.25) is 0 Å². The molecular formula is C15H17BrN2O. The molecule has 100 valence electrons. The van der Waals surface area contributed by atoms with Gasteiger partial charge in [-0.2, -0.15) is 0 Å². The van der Waals surface area contributed by atoms with E-state index in [1.165, 1.54) is 0 Å². The summed E-state index contributed by atoms with van der Waals surface area (Å²) >= 11 is 3.39. The maximum absolute atomic E-state index is 12.1. The summed E-state index contributed by atoms with van der Waals surface area (Å²) in [6.45, 7) is 2.13. The highest BCUT2D eigenvalue weighted by Gasteiger charge is 2.16. The Balaban J connectivity index is 2.15. The van der Waals surface area contributed by atoms with Gasteiger partial charge in [0.1, 0.15) is 16.1 Å². The minimum absolute atomic E-state index is 0.0961. The number of carbonyl (C=O) groups excluding carboxylic acids is 1. The quantitative estimate of drug-likeness (QED) is 0.624. The van der Waals surface area contributed by atoms with E-state index < -0.39 is 0 Å². The SMILES string of the molecule is CCCCCC(=O)c1nc(-c2ccccc2)[nH]c1Br. The van der Waals surface area contributed by atoms with Gasteiger partial charge in [0, 0.05) is 12.0 Å². The molecule has 0 saturated heterocycles. The fourth-order valence-corrected chi connectivity index (χ4v) is 2.42. The number of ketones is 1.